The van der Waals surface area contributed by atoms with Crippen LogP contribution in [0.25, 0.3) is 0 Å². The molecule has 0 aromatic heterocycles. The van der Waals surface area contributed by atoms with Crippen molar-refractivity contribution in [2.45, 2.75) is 78.2 Å². The summed E-state index contributed by atoms with van der Waals surface area (Å²) >= 11 is 0. The van der Waals surface area contributed by atoms with E-state index in [0.717, 1.165) is 44.9 Å². The lowest BCUT2D eigenvalue weighted by atomic mass is 9.97. The van der Waals surface area contributed by atoms with E-state index in [1.54, 1.807) is 0 Å². The van der Waals surface area contributed by atoms with Crippen LogP contribution in [-0.4, -0.2) is 37.0 Å². The summed E-state index contributed by atoms with van der Waals surface area (Å²) in [5, 5.41) is 12.9. The molecule has 0 heterocycles. The average molecular weight is 287 g/mol. The van der Waals surface area contributed by atoms with Crippen LogP contribution in [0.15, 0.2) is 0 Å². The molecule has 0 amide bonds. The molecule has 0 rings (SSSR count). The van der Waals surface area contributed by atoms with Crippen LogP contribution in [0.2, 0.25) is 0 Å². The summed E-state index contributed by atoms with van der Waals surface area (Å²) in [6.45, 7) is 11.6. The first-order valence-corrected chi connectivity index (χ1v) is 8.55. The molecule has 0 aliphatic carbocycles. The van der Waals surface area contributed by atoms with Gasteiger partial charge in [-0.15, -0.1) is 0 Å². The van der Waals surface area contributed by atoms with E-state index in [9.17, 15) is 5.11 Å². The standard InChI is InChI=1S/C17H37NO2/c1-5-8-10-16(7-3)14-20-13-9-11-17(4,15-19)18-12-6-2/h16,18-19H,5-15H2,1-4H3. The molecule has 0 saturated carbocycles. The summed E-state index contributed by atoms with van der Waals surface area (Å²) < 4.78 is 5.82. The molecule has 0 bridgehead atoms. The van der Waals surface area contributed by atoms with E-state index in [1.165, 1.54) is 25.7 Å². The number of ether oxygens (including phenoxy) is 1. The maximum absolute atomic E-state index is 9.49. The van der Waals surface area contributed by atoms with Crippen molar-refractivity contribution in [3.8, 4) is 0 Å². The van der Waals surface area contributed by atoms with E-state index in [4.69, 9.17) is 4.74 Å². The van der Waals surface area contributed by atoms with Gasteiger partial charge in [-0.05, 0) is 45.1 Å². The van der Waals surface area contributed by atoms with Gasteiger partial charge in [0.1, 0.15) is 0 Å². The highest BCUT2D eigenvalue weighted by Crippen LogP contribution is 2.15. The van der Waals surface area contributed by atoms with Crippen LogP contribution in [0.3, 0.4) is 0 Å². The molecule has 2 unspecified atom stereocenters. The van der Waals surface area contributed by atoms with Crippen molar-refractivity contribution in [1.82, 2.24) is 5.32 Å². The van der Waals surface area contributed by atoms with Crippen molar-refractivity contribution in [2.75, 3.05) is 26.4 Å². The molecule has 0 radical (unpaired) electrons. The molecule has 0 aromatic rings. The van der Waals surface area contributed by atoms with Gasteiger partial charge in [-0.2, -0.15) is 0 Å². The van der Waals surface area contributed by atoms with E-state index in [2.05, 4.69) is 33.0 Å². The fourth-order valence-electron chi connectivity index (χ4n) is 2.36. The molecule has 0 fully saturated rings. The van der Waals surface area contributed by atoms with E-state index in [0.29, 0.717) is 0 Å². The topological polar surface area (TPSA) is 41.5 Å². The first-order chi connectivity index (χ1) is 9.61. The van der Waals surface area contributed by atoms with Crippen molar-refractivity contribution in [1.29, 1.82) is 0 Å². The van der Waals surface area contributed by atoms with E-state index < -0.39 is 0 Å². The third-order valence-electron chi connectivity index (χ3n) is 4.06. The molecule has 0 saturated heterocycles. The van der Waals surface area contributed by atoms with E-state index in [1.807, 2.05) is 0 Å². The maximum atomic E-state index is 9.49. The van der Waals surface area contributed by atoms with Crippen LogP contribution >= 0.6 is 0 Å². The Morgan fingerprint density at radius 1 is 1.15 bits per heavy atom. The van der Waals surface area contributed by atoms with Gasteiger partial charge >= 0.3 is 0 Å². The minimum absolute atomic E-state index is 0.147. The number of hydrogen-bond donors (Lipinski definition) is 2. The molecule has 0 aliphatic rings. The summed E-state index contributed by atoms with van der Waals surface area (Å²) in [6.07, 6.45) is 8.17. The summed E-state index contributed by atoms with van der Waals surface area (Å²) in [5.74, 6) is 0.720. The second-order valence-electron chi connectivity index (χ2n) is 6.24. The quantitative estimate of drug-likeness (QED) is 0.478. The Balaban J connectivity index is 3.71. The molecular weight excluding hydrogens is 250 g/mol. The summed E-state index contributed by atoms with van der Waals surface area (Å²) in [5.41, 5.74) is -0.147. The van der Waals surface area contributed by atoms with Gasteiger partial charge < -0.3 is 15.2 Å². The van der Waals surface area contributed by atoms with Gasteiger partial charge in [0.05, 0.1) is 6.61 Å². The Labute approximate surface area is 126 Å². The number of rotatable bonds is 14. The molecule has 2 N–H and O–H groups in total. The number of nitrogens with one attached hydrogen (secondary N) is 1. The fraction of sp³-hybridized carbons (Fsp3) is 1.00. The van der Waals surface area contributed by atoms with Gasteiger partial charge in [0.25, 0.3) is 0 Å². The smallest absolute Gasteiger partial charge is 0.0610 e. The summed E-state index contributed by atoms with van der Waals surface area (Å²) in [7, 11) is 0. The third kappa shape index (κ3) is 9.73. The predicted molar refractivity (Wildman–Crippen MR) is 87.1 cm³/mol. The van der Waals surface area contributed by atoms with E-state index in [-0.39, 0.29) is 12.1 Å². The van der Waals surface area contributed by atoms with Crippen molar-refractivity contribution in [2.24, 2.45) is 5.92 Å². The predicted octanol–water partition coefficient (Wildman–Crippen LogP) is 3.75. The Kier molecular flexibility index (Phi) is 12.5. The maximum Gasteiger partial charge on any atom is 0.0610 e. The van der Waals surface area contributed by atoms with Crippen molar-refractivity contribution in [3.05, 3.63) is 0 Å². The van der Waals surface area contributed by atoms with Crippen molar-refractivity contribution >= 4 is 0 Å². The second kappa shape index (κ2) is 12.6. The molecule has 20 heavy (non-hydrogen) atoms. The molecule has 2 atom stereocenters. The largest absolute Gasteiger partial charge is 0.394 e. The minimum Gasteiger partial charge on any atom is -0.394 e. The Morgan fingerprint density at radius 3 is 2.45 bits per heavy atom. The molecule has 0 aliphatic heterocycles. The molecule has 0 aromatic carbocycles. The zero-order valence-electron chi connectivity index (χ0n) is 14.2. The highest BCUT2D eigenvalue weighted by Gasteiger charge is 2.21. The van der Waals surface area contributed by atoms with Gasteiger partial charge in [0.2, 0.25) is 0 Å². The van der Waals surface area contributed by atoms with E-state index >= 15 is 0 Å². The first kappa shape index (κ1) is 19.9. The third-order valence-corrected chi connectivity index (χ3v) is 4.06. The summed E-state index contributed by atoms with van der Waals surface area (Å²) in [4.78, 5) is 0. The van der Waals surface area contributed by atoms with Gasteiger partial charge in [-0.3, -0.25) is 0 Å². The van der Waals surface area contributed by atoms with Gasteiger partial charge in [0, 0.05) is 18.8 Å². The van der Waals surface area contributed by atoms with Gasteiger partial charge in [-0.25, -0.2) is 0 Å². The lowest BCUT2D eigenvalue weighted by Crippen LogP contribution is -2.46. The molecular formula is C17H37NO2. The second-order valence-corrected chi connectivity index (χ2v) is 6.24. The number of aliphatic hydroxyl groups is 1. The van der Waals surface area contributed by atoms with Crippen LogP contribution in [0.4, 0.5) is 0 Å². The molecule has 3 nitrogen and oxygen atoms in total. The Bertz CT molecular complexity index is 211. The van der Waals surface area contributed by atoms with Gasteiger partial charge in [-0.1, -0.05) is 40.0 Å². The van der Waals surface area contributed by atoms with Crippen LogP contribution in [0, 0.1) is 5.92 Å². The lowest BCUT2D eigenvalue weighted by molar-refractivity contribution is 0.0808. The highest BCUT2D eigenvalue weighted by molar-refractivity contribution is 4.81. The Hall–Kier alpha value is -0.120. The SMILES string of the molecule is CCCCC(CC)COCCCC(C)(CO)NCCC. The van der Waals surface area contributed by atoms with Crippen LogP contribution in [-0.2, 0) is 4.74 Å². The normalized spacial score (nSPS) is 16.1. The van der Waals surface area contributed by atoms with Crippen LogP contribution in [0.1, 0.15) is 72.6 Å². The van der Waals surface area contributed by atoms with Gasteiger partial charge in [0.15, 0.2) is 0 Å². The summed E-state index contributed by atoms with van der Waals surface area (Å²) in [6, 6.07) is 0. The fourth-order valence-corrected chi connectivity index (χ4v) is 2.36. The molecule has 122 valence electrons. The zero-order valence-corrected chi connectivity index (χ0v) is 14.2. The molecule has 3 heteroatoms. The monoisotopic (exact) mass is 287 g/mol. The number of hydrogen-bond acceptors (Lipinski definition) is 3. The Morgan fingerprint density at radius 2 is 1.90 bits per heavy atom. The number of aliphatic hydroxyl groups excluding tert-OH is 1. The van der Waals surface area contributed by atoms with Crippen molar-refractivity contribution in [3.63, 3.8) is 0 Å². The zero-order chi connectivity index (χ0) is 15.3. The first-order valence-electron chi connectivity index (χ1n) is 8.55. The van der Waals surface area contributed by atoms with Crippen LogP contribution in [0.5, 0.6) is 0 Å². The highest BCUT2D eigenvalue weighted by atomic mass is 16.5. The average Bonchev–Trinajstić information content (AvgIpc) is 2.48. The molecule has 0 spiro atoms. The van der Waals surface area contributed by atoms with Crippen molar-refractivity contribution < 1.29 is 9.84 Å². The lowest BCUT2D eigenvalue weighted by Gasteiger charge is -2.29. The number of unbranched alkanes of at least 4 members (excludes halogenated alkanes) is 1. The van der Waals surface area contributed by atoms with Crippen LogP contribution < -0.4 is 5.32 Å². The minimum atomic E-state index is -0.147.